The van der Waals surface area contributed by atoms with Crippen molar-refractivity contribution in [1.29, 1.82) is 0 Å². The highest BCUT2D eigenvalue weighted by atomic mass is 32.1. The third kappa shape index (κ3) is 3.74. The molecule has 5 heteroatoms. The van der Waals surface area contributed by atoms with Crippen LogP contribution in [-0.4, -0.2) is 18.5 Å². The first-order chi connectivity index (χ1) is 11.7. The van der Waals surface area contributed by atoms with Gasteiger partial charge in [-0.25, -0.2) is 9.79 Å². The van der Waals surface area contributed by atoms with Crippen LogP contribution in [0.25, 0.3) is 6.08 Å². The third-order valence-electron chi connectivity index (χ3n) is 3.66. The number of unbranched alkanes of at least 4 members (excludes halogenated alkanes) is 1. The summed E-state index contributed by atoms with van der Waals surface area (Å²) in [5, 5.41) is 1.99. The number of cyclic esters (lactones) is 1. The fourth-order valence-corrected chi connectivity index (χ4v) is 3.07. The Hall–Kier alpha value is -2.40. The number of carbonyl (C=O) groups excluding carboxylic acids is 1. The summed E-state index contributed by atoms with van der Waals surface area (Å²) in [7, 11) is 0. The zero-order chi connectivity index (χ0) is 16.9. The van der Waals surface area contributed by atoms with E-state index in [1.165, 1.54) is 0 Å². The number of thiophene rings is 1. The average Bonchev–Trinajstić information content (AvgIpc) is 3.15. The van der Waals surface area contributed by atoms with Crippen LogP contribution >= 0.6 is 11.3 Å². The number of nitrogens with zero attached hydrogens (tertiary/aromatic N) is 1. The number of hydrogen-bond acceptors (Lipinski definition) is 5. The lowest BCUT2D eigenvalue weighted by Gasteiger charge is -2.05. The van der Waals surface area contributed by atoms with Crippen molar-refractivity contribution in [3.8, 4) is 5.75 Å². The summed E-state index contributed by atoms with van der Waals surface area (Å²) in [6, 6.07) is 9.46. The number of esters is 1. The van der Waals surface area contributed by atoms with Gasteiger partial charge in [0.05, 0.1) is 6.61 Å². The zero-order valence-electron chi connectivity index (χ0n) is 13.7. The van der Waals surface area contributed by atoms with Crippen molar-refractivity contribution < 1.29 is 14.3 Å². The lowest BCUT2D eigenvalue weighted by atomic mass is 10.2. The first-order valence-electron chi connectivity index (χ1n) is 7.97. The Kier molecular flexibility index (Phi) is 5.11. The van der Waals surface area contributed by atoms with Gasteiger partial charge >= 0.3 is 5.97 Å². The van der Waals surface area contributed by atoms with E-state index < -0.39 is 5.97 Å². The van der Waals surface area contributed by atoms with E-state index in [-0.39, 0.29) is 0 Å². The molecule has 24 heavy (non-hydrogen) atoms. The van der Waals surface area contributed by atoms with Gasteiger partial charge in [-0.2, -0.15) is 0 Å². The molecule has 1 aromatic carbocycles. The topological polar surface area (TPSA) is 47.9 Å². The highest BCUT2D eigenvalue weighted by Gasteiger charge is 2.24. The average molecular weight is 341 g/mol. The largest absolute Gasteiger partial charge is 0.494 e. The number of ether oxygens (including phenoxy) is 2. The monoisotopic (exact) mass is 341 g/mol. The van der Waals surface area contributed by atoms with Crippen molar-refractivity contribution in [3.63, 3.8) is 0 Å². The minimum absolute atomic E-state index is 0.332. The molecule has 0 radical (unpaired) electrons. The van der Waals surface area contributed by atoms with E-state index in [0.29, 0.717) is 18.2 Å². The molecule has 1 aromatic heterocycles. The Morgan fingerprint density at radius 3 is 2.71 bits per heavy atom. The molecule has 0 N–H and O–H groups in total. The molecule has 4 nitrogen and oxygen atoms in total. The molecule has 0 spiro atoms. The van der Waals surface area contributed by atoms with Crippen LogP contribution in [0.1, 0.15) is 35.8 Å². The fraction of sp³-hybridized carbons (Fsp3) is 0.263. The molecule has 3 rings (SSSR count). The van der Waals surface area contributed by atoms with Gasteiger partial charge in [-0.3, -0.25) is 0 Å². The number of carbonyl (C=O) groups is 1. The van der Waals surface area contributed by atoms with Crippen LogP contribution in [0.3, 0.4) is 0 Å². The summed E-state index contributed by atoms with van der Waals surface area (Å²) >= 11 is 1.58. The summed E-state index contributed by atoms with van der Waals surface area (Å²) in [6.45, 7) is 4.84. The van der Waals surface area contributed by atoms with E-state index in [2.05, 4.69) is 11.9 Å². The third-order valence-corrected chi connectivity index (χ3v) is 4.62. The van der Waals surface area contributed by atoms with Crippen LogP contribution < -0.4 is 4.74 Å². The Morgan fingerprint density at radius 1 is 1.25 bits per heavy atom. The van der Waals surface area contributed by atoms with Gasteiger partial charge in [0.15, 0.2) is 5.70 Å². The van der Waals surface area contributed by atoms with Crippen molar-refractivity contribution in [2.75, 3.05) is 6.61 Å². The summed E-state index contributed by atoms with van der Waals surface area (Å²) in [5.41, 5.74) is 2.22. The number of benzene rings is 1. The Balaban J connectivity index is 1.75. The predicted molar refractivity (Wildman–Crippen MR) is 96.5 cm³/mol. The lowest BCUT2D eigenvalue weighted by Crippen LogP contribution is -2.05. The summed E-state index contributed by atoms with van der Waals surface area (Å²) in [4.78, 5) is 17.4. The van der Waals surface area contributed by atoms with Gasteiger partial charge in [0.25, 0.3) is 0 Å². The number of rotatable bonds is 6. The molecule has 0 saturated heterocycles. The van der Waals surface area contributed by atoms with Crippen LogP contribution in [0.15, 0.2) is 46.4 Å². The summed E-state index contributed by atoms with van der Waals surface area (Å²) < 4.78 is 10.9. The highest BCUT2D eigenvalue weighted by molar-refractivity contribution is 7.11. The maximum atomic E-state index is 12.0. The van der Waals surface area contributed by atoms with Gasteiger partial charge < -0.3 is 9.47 Å². The van der Waals surface area contributed by atoms with Crippen LogP contribution in [0.2, 0.25) is 0 Å². The summed E-state index contributed by atoms with van der Waals surface area (Å²) in [6.07, 6.45) is 3.91. The van der Waals surface area contributed by atoms with E-state index in [9.17, 15) is 4.79 Å². The van der Waals surface area contributed by atoms with E-state index in [1.54, 1.807) is 17.4 Å². The van der Waals surface area contributed by atoms with Gasteiger partial charge in [0.2, 0.25) is 5.90 Å². The summed E-state index contributed by atoms with van der Waals surface area (Å²) in [5.74, 6) is 0.726. The Labute approximate surface area is 145 Å². The maximum Gasteiger partial charge on any atom is 0.363 e. The molecule has 0 amide bonds. The van der Waals surface area contributed by atoms with Gasteiger partial charge in [0.1, 0.15) is 5.75 Å². The van der Waals surface area contributed by atoms with E-state index in [4.69, 9.17) is 9.47 Å². The van der Waals surface area contributed by atoms with Crippen molar-refractivity contribution >= 4 is 29.3 Å². The molecule has 0 aliphatic carbocycles. The smallest absolute Gasteiger partial charge is 0.363 e. The standard InChI is InChI=1S/C19H19NO3S/c1-3-4-10-22-15-7-5-14(6-8-15)18-20-16(19(21)23-18)12-17-13(2)9-11-24-17/h5-9,11-12H,3-4,10H2,1-2H3/b16-12-. The predicted octanol–water partition coefficient (Wildman–Crippen LogP) is 4.58. The lowest BCUT2D eigenvalue weighted by molar-refractivity contribution is -0.129. The van der Waals surface area contributed by atoms with Crippen molar-refractivity contribution in [2.45, 2.75) is 26.7 Å². The molecule has 0 bridgehead atoms. The minimum Gasteiger partial charge on any atom is -0.494 e. The molecule has 1 aliphatic heterocycles. The van der Waals surface area contributed by atoms with Crippen LogP contribution in [0, 0.1) is 6.92 Å². The normalized spacial score (nSPS) is 15.5. The fourth-order valence-electron chi connectivity index (χ4n) is 2.22. The van der Waals surface area contributed by atoms with Crippen LogP contribution in [0.5, 0.6) is 5.75 Å². The second-order valence-corrected chi connectivity index (χ2v) is 6.48. The Morgan fingerprint density at radius 2 is 2.04 bits per heavy atom. The van der Waals surface area contributed by atoms with E-state index >= 15 is 0 Å². The molecule has 124 valence electrons. The minimum atomic E-state index is -0.416. The molecule has 1 aliphatic rings. The van der Waals surface area contributed by atoms with Gasteiger partial charge in [-0.1, -0.05) is 13.3 Å². The zero-order valence-corrected chi connectivity index (χ0v) is 14.6. The quantitative estimate of drug-likeness (QED) is 0.439. The molecule has 2 heterocycles. The molecular weight excluding hydrogens is 322 g/mol. The highest BCUT2D eigenvalue weighted by Crippen LogP contribution is 2.24. The number of aryl methyl sites for hydroxylation is 1. The second-order valence-electron chi connectivity index (χ2n) is 5.53. The molecule has 0 saturated carbocycles. The van der Waals surface area contributed by atoms with E-state index in [1.807, 2.05) is 42.6 Å². The molecule has 0 unspecified atom stereocenters. The van der Waals surface area contributed by atoms with Gasteiger partial charge in [-0.05, 0) is 60.7 Å². The molecule has 0 atom stereocenters. The van der Waals surface area contributed by atoms with Crippen molar-refractivity contribution in [2.24, 2.45) is 4.99 Å². The number of aliphatic imine (C=N–C) groups is 1. The molecular formula is C19H19NO3S. The van der Waals surface area contributed by atoms with Gasteiger partial charge in [-0.15, -0.1) is 11.3 Å². The van der Waals surface area contributed by atoms with Crippen molar-refractivity contribution in [3.05, 3.63) is 57.4 Å². The SMILES string of the molecule is CCCCOc1ccc(C2=N/C(=C\c3sccc3C)C(=O)O2)cc1. The maximum absolute atomic E-state index is 12.0. The van der Waals surface area contributed by atoms with Crippen molar-refractivity contribution in [1.82, 2.24) is 0 Å². The molecule has 0 fully saturated rings. The van der Waals surface area contributed by atoms with Crippen LogP contribution in [0.4, 0.5) is 0 Å². The first-order valence-corrected chi connectivity index (χ1v) is 8.85. The second kappa shape index (κ2) is 7.45. The van der Waals surface area contributed by atoms with Gasteiger partial charge in [0, 0.05) is 10.4 Å². The van der Waals surface area contributed by atoms with E-state index in [0.717, 1.165) is 34.6 Å². The first kappa shape index (κ1) is 16.5. The number of hydrogen-bond donors (Lipinski definition) is 0. The Bertz CT molecular complexity index is 787. The molecule has 2 aromatic rings. The van der Waals surface area contributed by atoms with Crippen LogP contribution in [-0.2, 0) is 9.53 Å².